The highest BCUT2D eigenvalue weighted by atomic mass is 79.9. The first kappa shape index (κ1) is 16.8. The summed E-state index contributed by atoms with van der Waals surface area (Å²) in [6.07, 6.45) is 1.44. The maximum Gasteiger partial charge on any atom is 0.248 e. The van der Waals surface area contributed by atoms with Gasteiger partial charge in [0.2, 0.25) is 5.92 Å². The zero-order valence-electron chi connectivity index (χ0n) is 12.1. The number of rotatable bonds is 5. The summed E-state index contributed by atoms with van der Waals surface area (Å²) >= 11 is 3.24. The summed E-state index contributed by atoms with van der Waals surface area (Å²) in [5.41, 5.74) is 0.640. The van der Waals surface area contributed by atoms with E-state index in [0.717, 1.165) is 6.54 Å². The first-order chi connectivity index (χ1) is 9.91. The highest BCUT2D eigenvalue weighted by Gasteiger charge is 2.37. The third-order valence-corrected chi connectivity index (χ3v) is 4.75. The van der Waals surface area contributed by atoms with E-state index in [-0.39, 0.29) is 30.6 Å². The maximum atomic E-state index is 14.0. The van der Waals surface area contributed by atoms with Crippen LogP contribution in [0.15, 0.2) is 22.7 Å². The fourth-order valence-corrected chi connectivity index (χ4v) is 3.39. The molecule has 0 amide bonds. The van der Waals surface area contributed by atoms with E-state index in [1.807, 2.05) is 13.0 Å². The third-order valence-electron chi connectivity index (χ3n) is 4.25. The van der Waals surface area contributed by atoms with Crippen LogP contribution in [-0.2, 0) is 6.42 Å². The fourth-order valence-electron chi connectivity index (χ4n) is 3.06. The first-order valence-corrected chi connectivity index (χ1v) is 8.26. The lowest BCUT2D eigenvalue weighted by Crippen LogP contribution is -2.41. The summed E-state index contributed by atoms with van der Waals surface area (Å²) in [5, 5.41) is 3.35. The largest absolute Gasteiger partial charge is 0.314 e. The minimum Gasteiger partial charge on any atom is -0.314 e. The van der Waals surface area contributed by atoms with E-state index in [1.165, 1.54) is 6.07 Å². The number of benzene rings is 1. The van der Waals surface area contributed by atoms with E-state index >= 15 is 0 Å². The van der Waals surface area contributed by atoms with E-state index in [4.69, 9.17) is 0 Å². The van der Waals surface area contributed by atoms with Gasteiger partial charge < -0.3 is 5.32 Å². The zero-order chi connectivity index (χ0) is 15.5. The molecule has 1 atom stereocenters. The molecule has 0 bridgehead atoms. The van der Waals surface area contributed by atoms with Crippen molar-refractivity contribution in [3.05, 3.63) is 34.1 Å². The van der Waals surface area contributed by atoms with Crippen LogP contribution in [0, 0.1) is 11.7 Å². The van der Waals surface area contributed by atoms with Crippen LogP contribution >= 0.6 is 15.9 Å². The molecule has 0 aliphatic heterocycles. The van der Waals surface area contributed by atoms with Gasteiger partial charge >= 0.3 is 0 Å². The van der Waals surface area contributed by atoms with Crippen molar-refractivity contribution in [2.45, 2.75) is 51.0 Å². The molecule has 118 valence electrons. The molecule has 21 heavy (non-hydrogen) atoms. The van der Waals surface area contributed by atoms with Gasteiger partial charge in [-0.2, -0.15) is 0 Å². The Morgan fingerprint density at radius 1 is 1.33 bits per heavy atom. The molecular formula is C16H21BrF3N. The number of likely N-dealkylation sites (N-methyl/N-ethyl adjacent to an activating group) is 1. The second kappa shape index (κ2) is 7.14. The van der Waals surface area contributed by atoms with Gasteiger partial charge in [0.25, 0.3) is 0 Å². The Balaban J connectivity index is 2.05. The molecule has 1 aliphatic carbocycles. The molecule has 1 aliphatic rings. The van der Waals surface area contributed by atoms with Gasteiger partial charge in [-0.15, -0.1) is 0 Å². The van der Waals surface area contributed by atoms with Crippen LogP contribution in [-0.4, -0.2) is 18.5 Å². The Bertz CT molecular complexity index is 469. The van der Waals surface area contributed by atoms with E-state index in [0.29, 0.717) is 29.3 Å². The molecule has 1 saturated carbocycles. The molecule has 1 aromatic rings. The van der Waals surface area contributed by atoms with Crippen LogP contribution in [0.1, 0.15) is 38.2 Å². The second-order valence-electron chi connectivity index (χ2n) is 5.80. The van der Waals surface area contributed by atoms with Crippen molar-refractivity contribution >= 4 is 15.9 Å². The molecule has 2 rings (SSSR count). The number of halogens is 4. The molecule has 1 aromatic carbocycles. The number of alkyl halides is 2. The summed E-state index contributed by atoms with van der Waals surface area (Å²) in [5.74, 6) is -2.57. The van der Waals surface area contributed by atoms with E-state index < -0.39 is 5.92 Å². The van der Waals surface area contributed by atoms with Gasteiger partial charge in [0.05, 0.1) is 0 Å². The minimum absolute atomic E-state index is 0.0532. The molecular weight excluding hydrogens is 343 g/mol. The van der Waals surface area contributed by atoms with Crippen molar-refractivity contribution in [3.63, 3.8) is 0 Å². The second-order valence-corrected chi connectivity index (χ2v) is 6.71. The fraction of sp³-hybridized carbons (Fsp3) is 0.625. The Morgan fingerprint density at radius 3 is 2.57 bits per heavy atom. The third kappa shape index (κ3) is 4.71. The average Bonchev–Trinajstić information content (AvgIpc) is 2.41. The van der Waals surface area contributed by atoms with E-state index in [2.05, 4.69) is 21.2 Å². The zero-order valence-corrected chi connectivity index (χ0v) is 13.7. The number of hydrogen-bond acceptors (Lipinski definition) is 1. The first-order valence-electron chi connectivity index (χ1n) is 7.46. The number of hydrogen-bond donors (Lipinski definition) is 1. The summed E-state index contributed by atoms with van der Waals surface area (Å²) < 4.78 is 41.2. The summed E-state index contributed by atoms with van der Waals surface area (Å²) in [4.78, 5) is 0. The molecule has 0 aromatic heterocycles. The monoisotopic (exact) mass is 363 g/mol. The van der Waals surface area contributed by atoms with Crippen molar-refractivity contribution in [1.29, 1.82) is 0 Å². The normalized spacial score (nSPS) is 20.4. The predicted octanol–water partition coefficient (Wildman–Crippen LogP) is 4.93. The van der Waals surface area contributed by atoms with Crippen molar-refractivity contribution in [2.75, 3.05) is 6.54 Å². The van der Waals surface area contributed by atoms with E-state index in [9.17, 15) is 13.2 Å². The van der Waals surface area contributed by atoms with Gasteiger partial charge in [0.1, 0.15) is 5.82 Å². The Hall–Kier alpha value is -0.550. The molecule has 1 N–H and O–H groups in total. The highest BCUT2D eigenvalue weighted by molar-refractivity contribution is 9.10. The quantitative estimate of drug-likeness (QED) is 0.781. The standard InChI is InChI=1S/C16H21BrF3N/c1-2-21-15(11-5-7-16(19,20)8-6-11)9-12-3-4-13(17)10-14(12)18/h3-4,10-11,15,21H,2,5-9H2,1H3. The SMILES string of the molecule is CCNC(Cc1ccc(Br)cc1F)C1CCC(F)(F)CC1. The van der Waals surface area contributed by atoms with Crippen LogP contribution in [0.5, 0.6) is 0 Å². The average molecular weight is 364 g/mol. The summed E-state index contributed by atoms with van der Waals surface area (Å²) in [7, 11) is 0. The lowest BCUT2D eigenvalue weighted by Gasteiger charge is -2.34. The molecule has 0 spiro atoms. The van der Waals surface area contributed by atoms with Gasteiger partial charge in [0.15, 0.2) is 0 Å². The van der Waals surface area contributed by atoms with Crippen LogP contribution in [0.25, 0.3) is 0 Å². The summed E-state index contributed by atoms with van der Waals surface area (Å²) in [6.45, 7) is 2.75. The lowest BCUT2D eigenvalue weighted by atomic mass is 9.80. The van der Waals surface area contributed by atoms with Crippen LogP contribution < -0.4 is 5.32 Å². The Morgan fingerprint density at radius 2 is 2.00 bits per heavy atom. The topological polar surface area (TPSA) is 12.0 Å². The van der Waals surface area contributed by atoms with Crippen molar-refractivity contribution in [1.82, 2.24) is 5.32 Å². The highest BCUT2D eigenvalue weighted by Crippen LogP contribution is 2.38. The molecule has 5 heteroatoms. The molecule has 1 unspecified atom stereocenters. The molecule has 0 heterocycles. The van der Waals surface area contributed by atoms with Crippen LogP contribution in [0.2, 0.25) is 0 Å². The molecule has 1 fully saturated rings. The minimum atomic E-state index is -2.52. The van der Waals surface area contributed by atoms with Crippen molar-refractivity contribution < 1.29 is 13.2 Å². The van der Waals surface area contributed by atoms with Gasteiger partial charge in [0, 0.05) is 23.4 Å². The van der Waals surface area contributed by atoms with E-state index in [1.54, 1.807) is 6.07 Å². The lowest BCUT2D eigenvalue weighted by molar-refractivity contribution is -0.0495. The van der Waals surface area contributed by atoms with Crippen LogP contribution in [0.3, 0.4) is 0 Å². The van der Waals surface area contributed by atoms with Gasteiger partial charge in [-0.05, 0) is 49.4 Å². The van der Waals surface area contributed by atoms with Gasteiger partial charge in [-0.25, -0.2) is 13.2 Å². The predicted molar refractivity (Wildman–Crippen MR) is 82.2 cm³/mol. The summed E-state index contributed by atoms with van der Waals surface area (Å²) in [6, 6.07) is 5.09. The molecule has 1 nitrogen and oxygen atoms in total. The van der Waals surface area contributed by atoms with Gasteiger partial charge in [-0.3, -0.25) is 0 Å². The van der Waals surface area contributed by atoms with Gasteiger partial charge in [-0.1, -0.05) is 28.9 Å². The molecule has 0 saturated heterocycles. The Labute approximate surface area is 132 Å². The maximum absolute atomic E-state index is 14.0. The smallest absolute Gasteiger partial charge is 0.248 e. The number of nitrogens with one attached hydrogen (secondary N) is 1. The van der Waals surface area contributed by atoms with Crippen molar-refractivity contribution in [2.24, 2.45) is 5.92 Å². The Kier molecular flexibility index (Phi) is 5.72. The van der Waals surface area contributed by atoms with Crippen molar-refractivity contribution in [3.8, 4) is 0 Å². The van der Waals surface area contributed by atoms with Crippen LogP contribution in [0.4, 0.5) is 13.2 Å². The molecule has 0 radical (unpaired) electrons.